The van der Waals surface area contributed by atoms with Crippen molar-refractivity contribution in [1.82, 2.24) is 14.5 Å². The number of benzene rings is 4. The SMILES string of the molecule is CC1(C)N=C(c2ccc(-c3ccc4c(ccc5c6ccc(-c7ccc(C8=NC(C)(C)C(C)(C)S8)cn7)cc6n(-c6ccccc6)c45)c3)nc2)SC1(C)C. The van der Waals surface area contributed by atoms with Gasteiger partial charge in [-0.25, -0.2) is 0 Å². The maximum Gasteiger partial charge on any atom is 0.101 e. The van der Waals surface area contributed by atoms with Crippen molar-refractivity contribution in [3.63, 3.8) is 0 Å². The van der Waals surface area contributed by atoms with Crippen LogP contribution >= 0.6 is 23.5 Å². The summed E-state index contributed by atoms with van der Waals surface area (Å²) in [6.07, 6.45) is 3.95. The second kappa shape index (κ2) is 11.9. The molecule has 0 radical (unpaired) electrons. The van der Waals surface area contributed by atoms with Crippen LogP contribution in [0.4, 0.5) is 0 Å². The number of nitrogens with zero attached hydrogens (tertiary/aromatic N) is 5. The van der Waals surface area contributed by atoms with Crippen LogP contribution < -0.4 is 0 Å². The van der Waals surface area contributed by atoms with Gasteiger partial charge in [-0.2, -0.15) is 0 Å². The van der Waals surface area contributed by atoms with Crippen LogP contribution in [-0.2, 0) is 0 Å². The third-order valence-electron chi connectivity index (χ3n) is 11.8. The van der Waals surface area contributed by atoms with E-state index in [4.69, 9.17) is 20.0 Å². The van der Waals surface area contributed by atoms with Crippen LogP contribution in [0.15, 0.2) is 126 Å². The summed E-state index contributed by atoms with van der Waals surface area (Å²) in [6, 6.07) is 37.3. The molecule has 0 saturated carbocycles. The predicted octanol–water partition coefficient (Wildman–Crippen LogP) is 12.2. The summed E-state index contributed by atoms with van der Waals surface area (Å²) in [5.74, 6) is 0. The van der Waals surface area contributed by atoms with Gasteiger partial charge in [0.05, 0.1) is 33.5 Å². The molecule has 0 unspecified atom stereocenters. The molecule has 2 aliphatic rings. The van der Waals surface area contributed by atoms with Crippen molar-refractivity contribution in [3.8, 4) is 28.2 Å². The van der Waals surface area contributed by atoms with Crippen LogP contribution in [0.1, 0.15) is 66.5 Å². The van der Waals surface area contributed by atoms with E-state index in [1.165, 1.54) is 27.1 Å². The summed E-state index contributed by atoms with van der Waals surface area (Å²) in [5.41, 5.74) is 9.46. The predicted molar refractivity (Wildman–Crippen MR) is 229 cm³/mol. The molecule has 53 heavy (non-hydrogen) atoms. The molecular weight excluding hydrogens is 687 g/mol. The number of aliphatic imine (C=N–C) groups is 2. The van der Waals surface area contributed by atoms with E-state index >= 15 is 0 Å². The smallest absolute Gasteiger partial charge is 0.101 e. The lowest BCUT2D eigenvalue weighted by atomic mass is 9.91. The fourth-order valence-corrected chi connectivity index (χ4v) is 9.77. The third-order valence-corrected chi connectivity index (χ3v) is 14.8. The van der Waals surface area contributed by atoms with Gasteiger partial charge in [-0.15, -0.1) is 0 Å². The van der Waals surface area contributed by atoms with Crippen LogP contribution in [0.25, 0.3) is 60.8 Å². The van der Waals surface area contributed by atoms with Crippen LogP contribution in [0.2, 0.25) is 0 Å². The number of thioether (sulfide) groups is 2. The van der Waals surface area contributed by atoms with Crippen molar-refractivity contribution >= 4 is 66.2 Å². The number of pyridine rings is 2. The first-order chi connectivity index (χ1) is 25.2. The average Bonchev–Trinajstić information content (AvgIpc) is 3.68. The van der Waals surface area contributed by atoms with E-state index < -0.39 is 0 Å². The van der Waals surface area contributed by atoms with Gasteiger partial charge in [-0.05, 0) is 109 Å². The Bertz CT molecular complexity index is 2650. The third kappa shape index (κ3) is 5.54. The van der Waals surface area contributed by atoms with E-state index in [0.717, 1.165) is 54.9 Å². The Kier molecular flexibility index (Phi) is 7.65. The number of rotatable bonds is 5. The van der Waals surface area contributed by atoms with Gasteiger partial charge < -0.3 is 4.57 Å². The molecule has 7 aromatic rings. The Labute approximate surface area is 320 Å². The minimum Gasteiger partial charge on any atom is -0.309 e. The van der Waals surface area contributed by atoms with Crippen molar-refractivity contribution in [3.05, 3.63) is 127 Å². The fourth-order valence-electron chi connectivity index (χ4n) is 7.19. The number of hydrogen-bond acceptors (Lipinski definition) is 6. The topological polar surface area (TPSA) is 55.4 Å². The molecule has 9 rings (SSSR count). The van der Waals surface area contributed by atoms with Crippen LogP contribution in [0, 0.1) is 0 Å². The zero-order chi connectivity index (χ0) is 36.9. The lowest BCUT2D eigenvalue weighted by Crippen LogP contribution is -2.36. The normalized spacial score (nSPS) is 18.5. The Balaban J connectivity index is 1.11. The van der Waals surface area contributed by atoms with Crippen molar-refractivity contribution in [2.75, 3.05) is 0 Å². The first-order valence-electron chi connectivity index (χ1n) is 18.3. The summed E-state index contributed by atoms with van der Waals surface area (Å²) in [4.78, 5) is 20.0. The highest BCUT2D eigenvalue weighted by atomic mass is 32.2. The molecule has 7 heteroatoms. The largest absolute Gasteiger partial charge is 0.309 e. The standard InChI is InChI=1S/C46H43N5S2/c1-43(2)45(5,6)52-41(49-43)31-17-22-37(47-26-31)29-15-19-34-28(24-29)14-21-36-35-20-16-30(25-39(35)51(40(34)36)33-12-10-9-11-13-33)38-23-18-32(27-48-38)42-50-44(3,4)46(7,8)53-42/h9-27H,1-8H3. The molecule has 2 aliphatic heterocycles. The molecular formula is C46H43N5S2. The Morgan fingerprint density at radius 1 is 0.491 bits per heavy atom. The Hall–Kier alpha value is -4.72. The Morgan fingerprint density at radius 3 is 1.51 bits per heavy atom. The highest BCUT2D eigenvalue weighted by Crippen LogP contribution is 2.48. The number of para-hydroxylation sites is 1. The Morgan fingerprint density at radius 2 is 1.00 bits per heavy atom. The van der Waals surface area contributed by atoms with Crippen molar-refractivity contribution in [1.29, 1.82) is 0 Å². The van der Waals surface area contributed by atoms with Crippen molar-refractivity contribution in [2.24, 2.45) is 9.98 Å². The van der Waals surface area contributed by atoms with Crippen LogP contribution in [0.3, 0.4) is 0 Å². The van der Waals surface area contributed by atoms with E-state index in [1.807, 2.05) is 35.9 Å². The summed E-state index contributed by atoms with van der Waals surface area (Å²) in [5, 5.41) is 6.95. The molecule has 0 saturated heterocycles. The zero-order valence-electron chi connectivity index (χ0n) is 31.5. The minimum atomic E-state index is -0.129. The molecule has 4 aromatic carbocycles. The van der Waals surface area contributed by atoms with E-state index in [0.29, 0.717) is 0 Å². The van der Waals surface area contributed by atoms with Gasteiger partial charge in [-0.3, -0.25) is 20.0 Å². The maximum atomic E-state index is 5.06. The molecule has 3 aromatic heterocycles. The lowest BCUT2D eigenvalue weighted by Gasteiger charge is -2.30. The molecule has 0 spiro atoms. The van der Waals surface area contributed by atoms with E-state index in [1.54, 1.807) is 0 Å². The van der Waals surface area contributed by atoms with E-state index in [-0.39, 0.29) is 20.6 Å². The molecule has 5 heterocycles. The number of fused-ring (bicyclic) bond motifs is 5. The minimum absolute atomic E-state index is 0.0326. The van der Waals surface area contributed by atoms with E-state index in [9.17, 15) is 0 Å². The quantitative estimate of drug-likeness (QED) is 0.177. The first kappa shape index (κ1) is 34.1. The highest BCUT2D eigenvalue weighted by molar-refractivity contribution is 8.16. The lowest BCUT2D eigenvalue weighted by molar-refractivity contribution is 0.426. The molecule has 0 bridgehead atoms. The van der Waals surface area contributed by atoms with Gasteiger partial charge in [-0.1, -0.05) is 78.1 Å². The molecule has 0 atom stereocenters. The molecule has 0 fully saturated rings. The molecule has 0 amide bonds. The molecule has 5 nitrogen and oxygen atoms in total. The summed E-state index contributed by atoms with van der Waals surface area (Å²) in [6.45, 7) is 17.9. The van der Waals surface area contributed by atoms with Gasteiger partial charge in [0.1, 0.15) is 10.1 Å². The summed E-state index contributed by atoms with van der Waals surface area (Å²) >= 11 is 3.67. The number of aromatic nitrogens is 3. The van der Waals surface area contributed by atoms with Gasteiger partial charge in [0.2, 0.25) is 0 Å². The molecule has 0 aliphatic carbocycles. The number of hydrogen-bond donors (Lipinski definition) is 0. The highest BCUT2D eigenvalue weighted by Gasteiger charge is 2.45. The van der Waals surface area contributed by atoms with Gasteiger partial charge in [0, 0.05) is 66.0 Å². The monoisotopic (exact) mass is 729 g/mol. The molecule has 0 N–H and O–H groups in total. The summed E-state index contributed by atoms with van der Waals surface area (Å²) < 4.78 is 2.48. The van der Waals surface area contributed by atoms with Crippen molar-refractivity contribution < 1.29 is 0 Å². The van der Waals surface area contributed by atoms with Crippen molar-refractivity contribution in [2.45, 2.75) is 76.0 Å². The first-order valence-corrected chi connectivity index (χ1v) is 19.9. The second-order valence-corrected chi connectivity index (χ2v) is 19.6. The zero-order valence-corrected chi connectivity index (χ0v) is 33.2. The fraction of sp³-hybridized carbons (Fsp3) is 0.261. The van der Waals surface area contributed by atoms with Crippen LogP contribution in [0.5, 0.6) is 0 Å². The summed E-state index contributed by atoms with van der Waals surface area (Å²) in [7, 11) is 0. The van der Waals surface area contributed by atoms with E-state index in [2.05, 4.69) is 163 Å². The second-order valence-electron chi connectivity index (χ2n) is 16.3. The van der Waals surface area contributed by atoms with Gasteiger partial charge in [0.25, 0.3) is 0 Å². The van der Waals surface area contributed by atoms with Gasteiger partial charge in [0.15, 0.2) is 0 Å². The van der Waals surface area contributed by atoms with Crippen LogP contribution in [-0.4, -0.2) is 45.2 Å². The average molecular weight is 730 g/mol. The maximum absolute atomic E-state index is 5.06. The molecule has 264 valence electrons. The van der Waals surface area contributed by atoms with Gasteiger partial charge >= 0.3 is 0 Å².